The number of hydrogen-bond donors (Lipinski definition) is 2. The number of nitrogens with zero attached hydrogens (tertiary/aromatic N) is 1. The maximum Gasteiger partial charge on any atom is 0.401 e. The minimum absolute atomic E-state index is 0.0440. The van der Waals surface area contributed by atoms with Gasteiger partial charge in [0.05, 0.1) is 12.6 Å². The van der Waals surface area contributed by atoms with Crippen LogP contribution in [0.3, 0.4) is 0 Å². The molecule has 6 heteroatoms. The molecule has 0 aromatic heterocycles. The third-order valence-electron chi connectivity index (χ3n) is 1.28. The molecule has 0 rings (SSSR count). The molecule has 0 radical (unpaired) electrons. The molecule has 0 saturated heterocycles. The van der Waals surface area contributed by atoms with Crippen molar-refractivity contribution in [3.05, 3.63) is 0 Å². The monoisotopic (exact) mass is 200 g/mol. The minimum atomic E-state index is -4.21. The Hall–Kier alpha value is -0.330. The molecular weight excluding hydrogens is 185 g/mol. The SMILES string of the molecule is CN(C)CC(O)CNCC(F)(F)F. The highest BCUT2D eigenvalue weighted by Gasteiger charge is 2.26. The molecule has 0 saturated carbocycles. The minimum Gasteiger partial charge on any atom is -0.390 e. The third-order valence-corrected chi connectivity index (χ3v) is 1.28. The van der Waals surface area contributed by atoms with Crippen molar-refractivity contribution >= 4 is 0 Å². The summed E-state index contributed by atoms with van der Waals surface area (Å²) in [4.78, 5) is 1.71. The van der Waals surface area contributed by atoms with Crippen molar-refractivity contribution in [2.24, 2.45) is 0 Å². The van der Waals surface area contributed by atoms with Crippen molar-refractivity contribution in [3.63, 3.8) is 0 Å². The number of nitrogens with one attached hydrogen (secondary N) is 1. The van der Waals surface area contributed by atoms with E-state index in [4.69, 9.17) is 5.11 Å². The van der Waals surface area contributed by atoms with E-state index in [1.54, 1.807) is 19.0 Å². The predicted molar refractivity (Wildman–Crippen MR) is 43.5 cm³/mol. The average molecular weight is 200 g/mol. The van der Waals surface area contributed by atoms with Gasteiger partial charge in [0, 0.05) is 13.1 Å². The largest absolute Gasteiger partial charge is 0.401 e. The van der Waals surface area contributed by atoms with Crippen LogP contribution in [0.1, 0.15) is 0 Å². The van der Waals surface area contributed by atoms with Crippen LogP contribution in [0.15, 0.2) is 0 Å². The number of halogens is 3. The normalized spacial score (nSPS) is 15.0. The van der Waals surface area contributed by atoms with Crippen molar-refractivity contribution < 1.29 is 18.3 Å². The first-order valence-electron chi connectivity index (χ1n) is 3.91. The van der Waals surface area contributed by atoms with Crippen molar-refractivity contribution in [2.75, 3.05) is 33.7 Å². The van der Waals surface area contributed by atoms with E-state index in [1.807, 2.05) is 0 Å². The highest BCUT2D eigenvalue weighted by atomic mass is 19.4. The van der Waals surface area contributed by atoms with Crippen LogP contribution in [0.25, 0.3) is 0 Å². The summed E-state index contributed by atoms with van der Waals surface area (Å²) in [5.74, 6) is 0. The van der Waals surface area contributed by atoms with Gasteiger partial charge in [-0.25, -0.2) is 0 Å². The Bertz CT molecular complexity index is 138. The van der Waals surface area contributed by atoms with Crippen LogP contribution in [0.4, 0.5) is 13.2 Å². The zero-order valence-corrected chi connectivity index (χ0v) is 7.73. The van der Waals surface area contributed by atoms with Crippen LogP contribution in [0.5, 0.6) is 0 Å². The maximum atomic E-state index is 11.6. The molecule has 1 unspecified atom stereocenters. The topological polar surface area (TPSA) is 35.5 Å². The number of likely N-dealkylation sites (N-methyl/N-ethyl adjacent to an activating group) is 1. The van der Waals surface area contributed by atoms with Crippen LogP contribution in [0, 0.1) is 0 Å². The number of aliphatic hydroxyl groups is 1. The Kier molecular flexibility index (Phi) is 5.27. The van der Waals surface area contributed by atoms with Gasteiger partial charge in [0.2, 0.25) is 0 Å². The molecule has 0 aliphatic carbocycles. The summed E-state index contributed by atoms with van der Waals surface area (Å²) in [7, 11) is 3.49. The number of rotatable bonds is 5. The van der Waals surface area contributed by atoms with E-state index in [0.29, 0.717) is 6.54 Å². The average Bonchev–Trinajstić information content (AvgIpc) is 1.81. The zero-order valence-electron chi connectivity index (χ0n) is 7.73. The standard InChI is InChI=1S/C7H15F3N2O/c1-12(2)4-6(13)3-11-5-7(8,9)10/h6,11,13H,3-5H2,1-2H3. The summed E-state index contributed by atoms with van der Waals surface area (Å²) in [6, 6.07) is 0. The molecule has 1 atom stereocenters. The summed E-state index contributed by atoms with van der Waals surface area (Å²) in [5.41, 5.74) is 0. The zero-order chi connectivity index (χ0) is 10.5. The molecule has 0 aromatic rings. The molecule has 0 fully saturated rings. The number of aliphatic hydroxyl groups excluding tert-OH is 1. The van der Waals surface area contributed by atoms with Gasteiger partial charge in [0.15, 0.2) is 0 Å². The summed E-state index contributed by atoms with van der Waals surface area (Å²) < 4.78 is 34.8. The molecule has 0 aliphatic rings. The van der Waals surface area contributed by atoms with Gasteiger partial charge < -0.3 is 15.3 Å². The van der Waals surface area contributed by atoms with Crippen molar-refractivity contribution in [1.82, 2.24) is 10.2 Å². The molecular formula is C7H15F3N2O. The first-order valence-corrected chi connectivity index (χ1v) is 3.91. The maximum absolute atomic E-state index is 11.6. The molecule has 0 amide bonds. The second kappa shape index (κ2) is 5.41. The Morgan fingerprint density at radius 1 is 1.38 bits per heavy atom. The van der Waals surface area contributed by atoms with Crippen LogP contribution >= 0.6 is 0 Å². The van der Waals surface area contributed by atoms with E-state index in [0.717, 1.165) is 0 Å². The van der Waals surface area contributed by atoms with Crippen LogP contribution in [-0.4, -0.2) is 56.0 Å². The smallest absolute Gasteiger partial charge is 0.390 e. The van der Waals surface area contributed by atoms with E-state index >= 15 is 0 Å². The van der Waals surface area contributed by atoms with E-state index in [9.17, 15) is 13.2 Å². The summed E-state index contributed by atoms with van der Waals surface area (Å²) in [5, 5.41) is 11.3. The molecule has 13 heavy (non-hydrogen) atoms. The van der Waals surface area contributed by atoms with E-state index in [-0.39, 0.29) is 6.54 Å². The van der Waals surface area contributed by atoms with Gasteiger partial charge in [0.25, 0.3) is 0 Å². The fourth-order valence-corrected chi connectivity index (χ4v) is 0.867. The Labute approximate surface area is 75.5 Å². The van der Waals surface area contributed by atoms with Crippen molar-refractivity contribution in [1.29, 1.82) is 0 Å². The Balaban J connectivity index is 3.42. The lowest BCUT2D eigenvalue weighted by Gasteiger charge is -2.16. The predicted octanol–water partition coefficient (Wildman–Crippen LogP) is 0.0608. The molecule has 2 N–H and O–H groups in total. The highest BCUT2D eigenvalue weighted by molar-refractivity contribution is 4.64. The Morgan fingerprint density at radius 2 is 1.92 bits per heavy atom. The third kappa shape index (κ3) is 9.59. The van der Waals surface area contributed by atoms with E-state index in [1.165, 1.54) is 0 Å². The second-order valence-corrected chi connectivity index (χ2v) is 3.16. The first kappa shape index (κ1) is 12.7. The van der Waals surface area contributed by atoms with Gasteiger partial charge in [0.1, 0.15) is 0 Å². The van der Waals surface area contributed by atoms with Crippen molar-refractivity contribution in [2.45, 2.75) is 12.3 Å². The summed E-state index contributed by atoms with van der Waals surface area (Å²) >= 11 is 0. The quantitative estimate of drug-likeness (QED) is 0.658. The van der Waals surface area contributed by atoms with Gasteiger partial charge in [-0.3, -0.25) is 0 Å². The van der Waals surface area contributed by atoms with Crippen LogP contribution in [-0.2, 0) is 0 Å². The van der Waals surface area contributed by atoms with E-state index < -0.39 is 18.8 Å². The van der Waals surface area contributed by atoms with Gasteiger partial charge in [-0.15, -0.1) is 0 Å². The van der Waals surface area contributed by atoms with Crippen LogP contribution in [0.2, 0.25) is 0 Å². The summed E-state index contributed by atoms with van der Waals surface area (Å²) in [6.45, 7) is -0.750. The van der Waals surface area contributed by atoms with Crippen molar-refractivity contribution in [3.8, 4) is 0 Å². The lowest BCUT2D eigenvalue weighted by Crippen LogP contribution is -2.38. The molecule has 0 bridgehead atoms. The number of hydrogen-bond acceptors (Lipinski definition) is 3. The fourth-order valence-electron chi connectivity index (χ4n) is 0.867. The first-order chi connectivity index (χ1) is 5.81. The molecule has 80 valence electrons. The van der Waals surface area contributed by atoms with Gasteiger partial charge in [-0.1, -0.05) is 0 Å². The van der Waals surface area contributed by atoms with E-state index in [2.05, 4.69) is 5.32 Å². The van der Waals surface area contributed by atoms with Gasteiger partial charge >= 0.3 is 6.18 Å². The van der Waals surface area contributed by atoms with Crippen LogP contribution < -0.4 is 5.32 Å². The molecule has 0 aliphatic heterocycles. The number of alkyl halides is 3. The molecule has 0 spiro atoms. The molecule has 0 aromatic carbocycles. The highest BCUT2D eigenvalue weighted by Crippen LogP contribution is 2.11. The van der Waals surface area contributed by atoms with Gasteiger partial charge in [-0.2, -0.15) is 13.2 Å². The van der Waals surface area contributed by atoms with Gasteiger partial charge in [-0.05, 0) is 14.1 Å². The Morgan fingerprint density at radius 3 is 2.31 bits per heavy atom. The fraction of sp³-hybridized carbons (Fsp3) is 1.00. The molecule has 0 heterocycles. The lowest BCUT2D eigenvalue weighted by molar-refractivity contribution is -0.125. The lowest BCUT2D eigenvalue weighted by atomic mass is 10.3. The molecule has 3 nitrogen and oxygen atoms in total. The second-order valence-electron chi connectivity index (χ2n) is 3.16. The summed E-state index contributed by atoms with van der Waals surface area (Å²) in [6.07, 6.45) is -4.98.